The van der Waals surface area contributed by atoms with Gasteiger partial charge in [0.25, 0.3) is 0 Å². The summed E-state index contributed by atoms with van der Waals surface area (Å²) in [6.45, 7) is -1.54. The number of carbonyl (C=O) groups excluding carboxylic acids is 2. The molecule has 2 fully saturated rings. The molecular formula is C79H73F13O16. The predicted octanol–water partition coefficient (Wildman–Crippen LogP) is 16.5. The van der Waals surface area contributed by atoms with Crippen molar-refractivity contribution in [2.45, 2.75) is 156 Å². The number of esters is 2. The molecule has 8 aromatic carbocycles. The average molecular weight is 1530 g/mol. The maximum atomic E-state index is 14.8. The second-order valence-corrected chi connectivity index (χ2v) is 25.5. The Hall–Kier alpha value is -9.33. The lowest BCUT2D eigenvalue weighted by molar-refractivity contribution is -0.440. The fraction of sp³-hybridized carbons (Fsp3) is 0.367. The average Bonchev–Trinajstić information content (AvgIpc) is 0.711. The van der Waals surface area contributed by atoms with Crippen LogP contribution in [0.5, 0.6) is 23.0 Å². The molecule has 10 atom stereocenters. The standard InChI is InChI=1S/C79H73F13O16/c1-95-59-39-57-40-60(96-2)63(59)108-73-69(102-45-54-27-16-7-17-28-54)67(100-43-52-23-12-5-13-24-52)65(98-46-55-32-30-49(31-33-55)29-18-38-74(80,81)75(82,83)76(84,85)77(86,87)78(88,89)79(90,91)92)62(107-73)47-103-70(93)56-34-36-58(37-35-56)105-72-68(101-44-53-25-14-6-15-26-53)66(99-42-51-21-10-4-11-22-51)64(61(106-72)48-104-71(57)94)97-41-50-19-8-3-9-20-50/h3-17,19-28,30-37,39-40,61-62,64-69,72-73H,18,29,38,41-48H2,1-2H3/t61-,62-,64-,65-,66+,67+,68-,69-,72-,73+/m1/s1. The quantitative estimate of drug-likeness (QED) is 0.0336. The molecule has 2 saturated heterocycles. The maximum Gasteiger partial charge on any atom is 0.460 e. The molecule has 0 N–H and O–H groups in total. The first-order valence-corrected chi connectivity index (χ1v) is 34.0. The molecule has 0 aromatic heterocycles. The molecule has 576 valence electrons. The van der Waals surface area contributed by atoms with Crippen LogP contribution in [0.1, 0.15) is 72.5 Å². The van der Waals surface area contributed by atoms with Gasteiger partial charge in [0.2, 0.25) is 18.3 Å². The number of ether oxygens (including phenoxy) is 14. The molecule has 6 aliphatic rings. The van der Waals surface area contributed by atoms with Crippen LogP contribution in [-0.4, -0.2) is 137 Å². The highest BCUT2D eigenvalue weighted by Crippen LogP contribution is 2.61. The van der Waals surface area contributed by atoms with Crippen LogP contribution >= 0.6 is 0 Å². The molecule has 0 aliphatic carbocycles. The lowest BCUT2D eigenvalue weighted by atomic mass is 9.91. The minimum Gasteiger partial charge on any atom is -0.493 e. The lowest BCUT2D eigenvalue weighted by Gasteiger charge is -2.45. The Balaban J connectivity index is 0.927. The van der Waals surface area contributed by atoms with Gasteiger partial charge in [-0.15, -0.1) is 0 Å². The number of methoxy groups -OCH3 is 2. The molecule has 0 saturated carbocycles. The second-order valence-electron chi connectivity index (χ2n) is 25.5. The zero-order valence-corrected chi connectivity index (χ0v) is 57.7. The SMILES string of the molecule is COc1cc2cc(OC)c1O[C@@H]1O[C@H](COC(=O)c3ccc(cc3)O[C@@H]3O[C@H](COC2=O)[C@@H](OCc2ccccc2)[C@H](OCc2ccccc2)[C@H]3OCc2ccccc2)[C@@H](OCc2ccc(CCCC(F)(F)C(F)(F)C(F)(F)C(F)(F)C(F)(F)C(F)(F)F)cc2)[C@H](OCc2ccccc2)[C@H]1OCc1ccccc1. The molecule has 6 aliphatic heterocycles. The minimum absolute atomic E-state index is 0.00773. The van der Waals surface area contributed by atoms with Gasteiger partial charge >= 0.3 is 47.7 Å². The number of alkyl halides is 13. The highest BCUT2D eigenvalue weighted by molar-refractivity contribution is 5.91. The van der Waals surface area contributed by atoms with Gasteiger partial charge in [0.1, 0.15) is 67.8 Å². The highest BCUT2D eigenvalue weighted by Gasteiger charge is 2.90. The van der Waals surface area contributed by atoms with Crippen LogP contribution < -0.4 is 18.9 Å². The van der Waals surface area contributed by atoms with Crippen molar-refractivity contribution in [1.82, 2.24) is 0 Å². The molecule has 0 unspecified atom stereocenters. The van der Waals surface area contributed by atoms with Gasteiger partial charge in [0, 0.05) is 6.42 Å². The van der Waals surface area contributed by atoms with Crippen molar-refractivity contribution in [3.63, 3.8) is 0 Å². The first-order valence-electron chi connectivity index (χ1n) is 34.0. The van der Waals surface area contributed by atoms with E-state index in [1.165, 1.54) is 74.9 Å². The van der Waals surface area contributed by atoms with E-state index in [4.69, 9.17) is 66.3 Å². The van der Waals surface area contributed by atoms with E-state index >= 15 is 0 Å². The van der Waals surface area contributed by atoms with Crippen LogP contribution in [0.4, 0.5) is 57.1 Å². The van der Waals surface area contributed by atoms with E-state index < -0.39 is 142 Å². The third kappa shape index (κ3) is 18.5. The normalized spacial score (nSPS) is 21.8. The Bertz CT molecular complexity index is 4150. The molecule has 8 bridgehead atoms. The van der Waals surface area contributed by atoms with E-state index in [-0.39, 0.29) is 79.3 Å². The van der Waals surface area contributed by atoms with Gasteiger partial charge in [0.15, 0.2) is 11.5 Å². The van der Waals surface area contributed by atoms with Crippen LogP contribution in [0.2, 0.25) is 0 Å². The summed E-state index contributed by atoms with van der Waals surface area (Å²) >= 11 is 0. The van der Waals surface area contributed by atoms with Crippen molar-refractivity contribution in [2.75, 3.05) is 27.4 Å². The summed E-state index contributed by atoms with van der Waals surface area (Å²) < 4.78 is 273. The third-order valence-electron chi connectivity index (χ3n) is 18.1. The molecule has 6 heterocycles. The number of hydrogen-bond donors (Lipinski definition) is 0. The Labute approximate surface area is 611 Å². The topological polar surface area (TPSA) is 163 Å². The number of hydrogen-bond acceptors (Lipinski definition) is 16. The minimum atomic E-state index is -8.01. The number of rotatable bonds is 28. The fourth-order valence-electron chi connectivity index (χ4n) is 12.2. The lowest BCUT2D eigenvalue weighted by Crippen LogP contribution is -2.70. The zero-order chi connectivity index (χ0) is 76.9. The van der Waals surface area contributed by atoms with Crippen molar-refractivity contribution in [3.8, 4) is 23.0 Å². The molecule has 0 spiro atoms. The van der Waals surface area contributed by atoms with Gasteiger partial charge in [-0.1, -0.05) is 176 Å². The molecule has 29 heteroatoms. The second kappa shape index (κ2) is 34.9. The van der Waals surface area contributed by atoms with Crippen molar-refractivity contribution < 1.29 is 133 Å². The van der Waals surface area contributed by atoms with Gasteiger partial charge < -0.3 is 66.3 Å². The maximum absolute atomic E-state index is 14.8. The first kappa shape index (κ1) is 79.7. The fourth-order valence-corrected chi connectivity index (χ4v) is 12.2. The molecule has 8 aromatic rings. The van der Waals surface area contributed by atoms with Gasteiger partial charge in [-0.2, -0.15) is 57.1 Å². The summed E-state index contributed by atoms with van der Waals surface area (Å²) in [5, 5.41) is 0. The predicted molar refractivity (Wildman–Crippen MR) is 359 cm³/mol. The summed E-state index contributed by atoms with van der Waals surface area (Å²) in [6.07, 6.45) is -24.3. The zero-order valence-electron chi connectivity index (χ0n) is 57.7. The van der Waals surface area contributed by atoms with Gasteiger partial charge in [-0.05, 0) is 88.2 Å². The largest absolute Gasteiger partial charge is 0.493 e. The van der Waals surface area contributed by atoms with Gasteiger partial charge in [-0.25, -0.2) is 9.59 Å². The Morgan fingerprint density at radius 2 is 0.694 bits per heavy atom. The van der Waals surface area contributed by atoms with Crippen molar-refractivity contribution in [2.24, 2.45) is 0 Å². The molecule has 0 amide bonds. The van der Waals surface area contributed by atoms with E-state index in [1.54, 1.807) is 60.7 Å². The number of aryl methyl sites for hydroxylation is 1. The summed E-state index contributed by atoms with van der Waals surface area (Å²) in [6, 6.07) is 59.6. The van der Waals surface area contributed by atoms with Crippen LogP contribution in [0, 0.1) is 0 Å². The van der Waals surface area contributed by atoms with Crippen LogP contribution in [-0.2, 0) is 93.4 Å². The van der Waals surface area contributed by atoms with E-state index in [2.05, 4.69) is 0 Å². The molecule has 108 heavy (non-hydrogen) atoms. The van der Waals surface area contributed by atoms with Crippen molar-refractivity contribution >= 4 is 11.9 Å². The van der Waals surface area contributed by atoms with Crippen molar-refractivity contribution in [1.29, 1.82) is 0 Å². The van der Waals surface area contributed by atoms with Gasteiger partial charge in [0.05, 0.1) is 65.0 Å². The van der Waals surface area contributed by atoms with E-state index in [0.29, 0.717) is 16.7 Å². The number of carbonyl (C=O) groups is 2. The molecular weight excluding hydrogens is 1450 g/mol. The highest BCUT2D eigenvalue weighted by atomic mass is 19.4. The number of halogens is 13. The summed E-state index contributed by atoms with van der Waals surface area (Å²) in [5.74, 6) is -39.3. The smallest absolute Gasteiger partial charge is 0.460 e. The molecule has 0 radical (unpaired) electrons. The third-order valence-corrected chi connectivity index (χ3v) is 18.1. The van der Waals surface area contributed by atoms with Crippen LogP contribution in [0.3, 0.4) is 0 Å². The molecule has 14 rings (SSSR count). The van der Waals surface area contributed by atoms with E-state index in [1.807, 2.05) is 91.0 Å². The first-order chi connectivity index (χ1) is 51.7. The van der Waals surface area contributed by atoms with Gasteiger partial charge in [-0.3, -0.25) is 0 Å². The van der Waals surface area contributed by atoms with Crippen molar-refractivity contribution in [3.05, 3.63) is 262 Å². The van der Waals surface area contributed by atoms with Crippen LogP contribution in [0.15, 0.2) is 212 Å². The summed E-state index contributed by atoms with van der Waals surface area (Å²) in [4.78, 5) is 29.3. The van der Waals surface area contributed by atoms with Crippen LogP contribution in [0.25, 0.3) is 0 Å². The Morgan fingerprint density at radius 1 is 0.361 bits per heavy atom. The number of benzene rings is 8. The van der Waals surface area contributed by atoms with E-state index in [0.717, 1.165) is 16.7 Å². The summed E-state index contributed by atoms with van der Waals surface area (Å²) in [7, 11) is 2.61. The summed E-state index contributed by atoms with van der Waals surface area (Å²) in [5.41, 5.74) is 3.99. The Kier molecular flexibility index (Phi) is 25.8. The van der Waals surface area contributed by atoms with E-state index in [9.17, 15) is 66.7 Å². The monoisotopic (exact) mass is 1520 g/mol. The molecule has 16 nitrogen and oxygen atoms in total. The Morgan fingerprint density at radius 3 is 1.07 bits per heavy atom.